The molecule has 2 fully saturated rings. The number of hydrogen-bond acceptors (Lipinski definition) is 5. The third-order valence-electron chi connectivity index (χ3n) is 6.54. The number of para-hydroxylation sites is 1. The van der Waals surface area contributed by atoms with Crippen molar-refractivity contribution in [3.63, 3.8) is 0 Å². The van der Waals surface area contributed by atoms with Crippen LogP contribution in [0, 0.1) is 33.8 Å². The summed E-state index contributed by atoms with van der Waals surface area (Å²) in [5.41, 5.74) is 0.105. The van der Waals surface area contributed by atoms with Crippen LogP contribution < -0.4 is 0 Å². The molecular formula is C23H18ClN3O5. The van der Waals surface area contributed by atoms with Crippen LogP contribution in [0.2, 0.25) is 5.02 Å². The Balaban J connectivity index is 1.57. The van der Waals surface area contributed by atoms with Crippen molar-refractivity contribution in [3.8, 4) is 0 Å². The molecule has 4 atom stereocenters. The van der Waals surface area contributed by atoms with Gasteiger partial charge in [-0.05, 0) is 30.4 Å². The predicted octanol–water partition coefficient (Wildman–Crippen LogP) is 3.61. The lowest BCUT2D eigenvalue weighted by Crippen LogP contribution is -2.50. The summed E-state index contributed by atoms with van der Waals surface area (Å²) in [4.78, 5) is 51.2. The first kappa shape index (κ1) is 20.4. The van der Waals surface area contributed by atoms with Crippen LogP contribution in [0.3, 0.4) is 0 Å². The van der Waals surface area contributed by atoms with Crippen molar-refractivity contribution in [2.75, 3.05) is 0 Å². The molecule has 5 rings (SSSR count). The molecule has 9 heteroatoms. The number of imide groups is 1. The number of amides is 3. The Kier molecular flexibility index (Phi) is 4.82. The van der Waals surface area contributed by atoms with Crippen molar-refractivity contribution in [1.29, 1.82) is 0 Å². The summed E-state index contributed by atoms with van der Waals surface area (Å²) in [6.07, 6.45) is 4.68. The number of carbonyl (C=O) groups is 3. The van der Waals surface area contributed by atoms with E-state index in [9.17, 15) is 24.5 Å². The maximum absolute atomic E-state index is 13.5. The van der Waals surface area contributed by atoms with Crippen LogP contribution in [-0.4, -0.2) is 32.7 Å². The molecule has 32 heavy (non-hydrogen) atoms. The van der Waals surface area contributed by atoms with E-state index in [0.717, 1.165) is 16.4 Å². The number of halogens is 1. The molecule has 0 unspecified atom stereocenters. The van der Waals surface area contributed by atoms with Crippen LogP contribution in [0.1, 0.15) is 22.3 Å². The summed E-state index contributed by atoms with van der Waals surface area (Å²) in [6, 6.07) is 12.2. The minimum atomic E-state index is -0.671. The van der Waals surface area contributed by atoms with E-state index in [2.05, 4.69) is 0 Å². The van der Waals surface area contributed by atoms with Crippen molar-refractivity contribution >= 4 is 35.0 Å². The van der Waals surface area contributed by atoms with E-state index < -0.39 is 34.5 Å². The lowest BCUT2D eigenvalue weighted by molar-refractivity contribution is -0.385. The van der Waals surface area contributed by atoms with E-state index in [0.29, 0.717) is 0 Å². The van der Waals surface area contributed by atoms with Crippen molar-refractivity contribution < 1.29 is 19.3 Å². The van der Waals surface area contributed by atoms with Gasteiger partial charge in [0.25, 0.3) is 23.4 Å². The van der Waals surface area contributed by atoms with Gasteiger partial charge in [-0.3, -0.25) is 24.5 Å². The molecule has 0 N–H and O–H groups in total. The zero-order valence-electron chi connectivity index (χ0n) is 16.8. The second kappa shape index (κ2) is 7.56. The molecule has 1 heterocycles. The second-order valence-corrected chi connectivity index (χ2v) is 8.62. The van der Waals surface area contributed by atoms with Crippen molar-refractivity contribution in [1.82, 2.24) is 10.0 Å². The van der Waals surface area contributed by atoms with Crippen LogP contribution in [0.25, 0.3) is 0 Å². The highest BCUT2D eigenvalue weighted by Crippen LogP contribution is 2.53. The molecular weight excluding hydrogens is 434 g/mol. The van der Waals surface area contributed by atoms with Crippen LogP contribution >= 0.6 is 11.6 Å². The van der Waals surface area contributed by atoms with E-state index in [4.69, 9.17) is 11.6 Å². The average molecular weight is 452 g/mol. The van der Waals surface area contributed by atoms with Gasteiger partial charge in [0, 0.05) is 6.07 Å². The summed E-state index contributed by atoms with van der Waals surface area (Å²) in [7, 11) is 0. The minimum absolute atomic E-state index is 0.0326. The number of allylic oxidation sites excluding steroid dienone is 2. The number of hydrogen-bond donors (Lipinski definition) is 0. The Hall–Kier alpha value is -3.52. The zero-order chi connectivity index (χ0) is 22.6. The first-order valence-corrected chi connectivity index (χ1v) is 10.6. The largest absolute Gasteiger partial charge is 0.274 e. The highest BCUT2D eigenvalue weighted by molar-refractivity contribution is 6.33. The van der Waals surface area contributed by atoms with Crippen LogP contribution in [0.4, 0.5) is 5.69 Å². The smallest absolute Gasteiger partial charge is 0.272 e. The number of carbonyl (C=O) groups excluding carboxylic acids is 3. The third-order valence-corrected chi connectivity index (χ3v) is 6.87. The fourth-order valence-electron chi connectivity index (χ4n) is 5.12. The van der Waals surface area contributed by atoms with Gasteiger partial charge in [0.1, 0.15) is 0 Å². The van der Waals surface area contributed by atoms with Crippen LogP contribution in [-0.2, 0) is 16.1 Å². The standard InChI is InChI=1S/C23H18ClN3O5/c24-17-7-3-2-6-16(17)21(28)25(12-15-5-1-4-8-18(15)27(31)32)26-22(29)19-13-9-10-14(11-13)20(19)23(26)30/h1-10,13-14,19-20H,11-12H2/t13-,14-,19-,20+/m0/s1. The van der Waals surface area contributed by atoms with E-state index in [-0.39, 0.29) is 40.2 Å². The maximum atomic E-state index is 13.5. The van der Waals surface area contributed by atoms with Gasteiger partial charge in [-0.1, -0.05) is 54.1 Å². The molecule has 1 saturated carbocycles. The van der Waals surface area contributed by atoms with Gasteiger partial charge in [0.2, 0.25) is 0 Å². The summed E-state index contributed by atoms with van der Waals surface area (Å²) < 4.78 is 0. The number of hydrazine groups is 1. The molecule has 2 bridgehead atoms. The number of nitro groups is 1. The van der Waals surface area contributed by atoms with Crippen LogP contribution in [0.15, 0.2) is 60.7 Å². The first-order valence-electron chi connectivity index (χ1n) is 10.2. The minimum Gasteiger partial charge on any atom is -0.272 e. The normalized spacial score (nSPS) is 25.3. The second-order valence-electron chi connectivity index (χ2n) is 8.22. The van der Waals surface area contributed by atoms with Crippen LogP contribution in [0.5, 0.6) is 0 Å². The van der Waals surface area contributed by atoms with Gasteiger partial charge in [-0.15, -0.1) is 0 Å². The highest BCUT2D eigenvalue weighted by Gasteiger charge is 2.61. The predicted molar refractivity (Wildman–Crippen MR) is 114 cm³/mol. The first-order chi connectivity index (χ1) is 15.4. The molecule has 1 aliphatic heterocycles. The molecule has 0 radical (unpaired) electrons. The molecule has 162 valence electrons. The Labute approximate surface area is 188 Å². The third kappa shape index (κ3) is 3.02. The number of nitrogens with zero attached hydrogens (tertiary/aromatic N) is 3. The monoisotopic (exact) mass is 451 g/mol. The summed E-state index contributed by atoms with van der Waals surface area (Å²) >= 11 is 6.23. The fourth-order valence-corrected chi connectivity index (χ4v) is 5.33. The molecule has 8 nitrogen and oxygen atoms in total. The average Bonchev–Trinajstić information content (AvgIpc) is 3.46. The van der Waals surface area contributed by atoms with Gasteiger partial charge in [0.15, 0.2) is 0 Å². The van der Waals surface area contributed by atoms with Gasteiger partial charge >= 0.3 is 0 Å². The van der Waals surface area contributed by atoms with Gasteiger partial charge in [0.05, 0.1) is 39.5 Å². The Bertz CT molecular complexity index is 1170. The molecule has 3 aliphatic rings. The number of benzene rings is 2. The van der Waals surface area contributed by atoms with Gasteiger partial charge < -0.3 is 0 Å². The van der Waals surface area contributed by atoms with Crippen molar-refractivity contribution in [2.24, 2.45) is 23.7 Å². The zero-order valence-corrected chi connectivity index (χ0v) is 17.5. The van der Waals surface area contributed by atoms with E-state index >= 15 is 0 Å². The Morgan fingerprint density at radius 2 is 1.62 bits per heavy atom. The number of rotatable bonds is 5. The van der Waals surface area contributed by atoms with Gasteiger partial charge in [-0.2, -0.15) is 5.01 Å². The van der Waals surface area contributed by atoms with E-state index in [1.165, 1.54) is 30.3 Å². The number of nitro benzene ring substituents is 1. The van der Waals surface area contributed by atoms with Gasteiger partial charge in [-0.25, -0.2) is 5.01 Å². The topological polar surface area (TPSA) is 101 Å². The van der Waals surface area contributed by atoms with E-state index in [1.807, 2.05) is 12.2 Å². The molecule has 2 aromatic carbocycles. The fraction of sp³-hybridized carbons (Fsp3) is 0.261. The molecule has 3 amide bonds. The maximum Gasteiger partial charge on any atom is 0.274 e. The Morgan fingerprint density at radius 3 is 2.25 bits per heavy atom. The quantitative estimate of drug-likeness (QED) is 0.299. The van der Waals surface area contributed by atoms with Crippen molar-refractivity contribution in [3.05, 3.63) is 86.9 Å². The number of fused-ring (bicyclic) bond motifs is 5. The Morgan fingerprint density at radius 1 is 1.03 bits per heavy atom. The molecule has 2 aromatic rings. The molecule has 0 aromatic heterocycles. The van der Waals surface area contributed by atoms with E-state index in [1.54, 1.807) is 18.2 Å². The summed E-state index contributed by atoms with van der Waals surface area (Å²) in [5.74, 6) is -2.65. The molecule has 1 saturated heterocycles. The lowest BCUT2D eigenvalue weighted by Gasteiger charge is -2.31. The summed E-state index contributed by atoms with van der Waals surface area (Å²) in [6.45, 7) is -0.319. The highest BCUT2D eigenvalue weighted by atomic mass is 35.5. The molecule has 2 aliphatic carbocycles. The van der Waals surface area contributed by atoms with Crippen molar-refractivity contribution in [2.45, 2.75) is 13.0 Å². The lowest BCUT2D eigenvalue weighted by atomic mass is 9.85. The summed E-state index contributed by atoms with van der Waals surface area (Å²) in [5, 5.41) is 13.6. The molecule has 0 spiro atoms. The SMILES string of the molecule is O=C(c1ccccc1Cl)N(Cc1ccccc1[N+](=O)[O-])N1C(=O)[C@@H]2[C@H](C1=O)[C@H]1C=C[C@H]2C1.